The van der Waals surface area contributed by atoms with Gasteiger partial charge in [0.1, 0.15) is 0 Å². The highest BCUT2D eigenvalue weighted by Crippen LogP contribution is 2.16. The van der Waals surface area contributed by atoms with E-state index in [4.69, 9.17) is 5.73 Å². The summed E-state index contributed by atoms with van der Waals surface area (Å²) in [6.07, 6.45) is 2.79. The number of nitrogens with one attached hydrogen (secondary N) is 1. The molecule has 1 aromatic carbocycles. The van der Waals surface area contributed by atoms with Gasteiger partial charge in [0.25, 0.3) is 0 Å². The van der Waals surface area contributed by atoms with Crippen LogP contribution in [0.3, 0.4) is 0 Å². The first-order valence-electron chi connectivity index (χ1n) is 5.24. The zero-order chi connectivity index (χ0) is 11.4. The van der Waals surface area contributed by atoms with Gasteiger partial charge in [0, 0.05) is 35.9 Å². The molecule has 3 nitrogen and oxygen atoms in total. The van der Waals surface area contributed by atoms with Gasteiger partial charge in [0.05, 0.1) is 5.01 Å². The number of nitrogens with zero attached hydrogens (tertiary/aromatic N) is 1. The summed E-state index contributed by atoms with van der Waals surface area (Å²) in [5, 5.41) is 6.50. The number of aromatic nitrogens is 1. The summed E-state index contributed by atoms with van der Waals surface area (Å²) in [6, 6.07) is 6.05. The molecule has 0 saturated carbocycles. The number of anilines is 2. The zero-order valence-electron chi connectivity index (χ0n) is 9.23. The number of hydrogen-bond donors (Lipinski definition) is 2. The molecule has 0 radical (unpaired) electrons. The number of rotatable bonds is 4. The molecule has 0 saturated heterocycles. The normalized spacial score (nSPS) is 10.3. The topological polar surface area (TPSA) is 50.9 Å². The van der Waals surface area contributed by atoms with Crippen LogP contribution in [0.5, 0.6) is 0 Å². The van der Waals surface area contributed by atoms with Gasteiger partial charge in [-0.3, -0.25) is 0 Å². The maximum absolute atomic E-state index is 5.84. The van der Waals surface area contributed by atoms with E-state index in [1.807, 2.05) is 36.7 Å². The minimum absolute atomic E-state index is 0.833. The molecular weight excluding hydrogens is 218 g/mol. The molecule has 0 unspecified atom stereocenters. The van der Waals surface area contributed by atoms with E-state index in [9.17, 15) is 0 Å². The molecule has 84 valence electrons. The van der Waals surface area contributed by atoms with Crippen molar-refractivity contribution in [3.8, 4) is 0 Å². The van der Waals surface area contributed by atoms with Gasteiger partial charge in [-0.25, -0.2) is 4.98 Å². The van der Waals surface area contributed by atoms with Gasteiger partial charge in [-0.2, -0.15) is 0 Å². The Labute approximate surface area is 99.3 Å². The molecule has 0 bridgehead atoms. The van der Waals surface area contributed by atoms with Crippen LogP contribution in [0, 0.1) is 6.92 Å². The molecule has 0 spiro atoms. The fraction of sp³-hybridized carbons (Fsp3) is 0.250. The van der Waals surface area contributed by atoms with Gasteiger partial charge < -0.3 is 11.1 Å². The lowest BCUT2D eigenvalue weighted by atomic mass is 10.2. The average molecular weight is 233 g/mol. The van der Waals surface area contributed by atoms with E-state index in [0.29, 0.717) is 0 Å². The molecule has 0 aliphatic heterocycles. The van der Waals surface area contributed by atoms with E-state index >= 15 is 0 Å². The van der Waals surface area contributed by atoms with Crippen molar-refractivity contribution in [2.45, 2.75) is 13.3 Å². The Morgan fingerprint density at radius 1 is 1.44 bits per heavy atom. The monoisotopic (exact) mass is 233 g/mol. The number of nitrogen functional groups attached to an aromatic ring is 1. The Morgan fingerprint density at radius 2 is 2.31 bits per heavy atom. The largest absolute Gasteiger partial charge is 0.398 e. The molecule has 0 atom stereocenters. The number of benzene rings is 1. The second-order valence-corrected chi connectivity index (χ2v) is 4.65. The van der Waals surface area contributed by atoms with E-state index in [-0.39, 0.29) is 0 Å². The van der Waals surface area contributed by atoms with Crippen LogP contribution < -0.4 is 11.1 Å². The van der Waals surface area contributed by atoms with Gasteiger partial charge in [-0.15, -0.1) is 11.3 Å². The van der Waals surface area contributed by atoms with Crippen molar-refractivity contribution in [3.63, 3.8) is 0 Å². The summed E-state index contributed by atoms with van der Waals surface area (Å²) >= 11 is 1.69. The smallest absolute Gasteiger partial charge is 0.0942 e. The highest BCUT2D eigenvalue weighted by Gasteiger charge is 1.98. The van der Waals surface area contributed by atoms with Gasteiger partial charge in [-0.05, 0) is 24.6 Å². The highest BCUT2D eigenvalue weighted by atomic mass is 32.1. The lowest BCUT2D eigenvalue weighted by molar-refractivity contribution is 0.998. The maximum Gasteiger partial charge on any atom is 0.0942 e. The zero-order valence-corrected chi connectivity index (χ0v) is 10.1. The van der Waals surface area contributed by atoms with Crippen molar-refractivity contribution in [3.05, 3.63) is 40.3 Å². The first-order chi connectivity index (χ1) is 7.75. The second kappa shape index (κ2) is 4.99. The van der Waals surface area contributed by atoms with Gasteiger partial charge in [-0.1, -0.05) is 6.07 Å². The molecule has 2 rings (SSSR count). The summed E-state index contributed by atoms with van der Waals surface area (Å²) in [5.41, 5.74) is 8.85. The molecule has 16 heavy (non-hydrogen) atoms. The summed E-state index contributed by atoms with van der Waals surface area (Å²) in [6.45, 7) is 2.89. The fourth-order valence-electron chi connectivity index (χ4n) is 1.44. The lowest BCUT2D eigenvalue weighted by Gasteiger charge is -2.07. The number of nitrogens with two attached hydrogens (primary N) is 1. The predicted molar refractivity (Wildman–Crippen MR) is 69.9 cm³/mol. The van der Waals surface area contributed by atoms with Crippen molar-refractivity contribution < 1.29 is 0 Å². The van der Waals surface area contributed by atoms with Crippen LogP contribution in [-0.2, 0) is 6.42 Å². The van der Waals surface area contributed by atoms with Gasteiger partial charge in [0.2, 0.25) is 0 Å². The summed E-state index contributed by atoms with van der Waals surface area (Å²) in [4.78, 5) is 4.23. The maximum atomic E-state index is 5.84. The van der Waals surface area contributed by atoms with E-state index < -0.39 is 0 Å². The van der Waals surface area contributed by atoms with Crippen molar-refractivity contribution in [2.24, 2.45) is 0 Å². The van der Waals surface area contributed by atoms with Crippen LogP contribution >= 0.6 is 11.3 Å². The third kappa shape index (κ3) is 2.73. The van der Waals surface area contributed by atoms with Crippen molar-refractivity contribution in [1.29, 1.82) is 0 Å². The van der Waals surface area contributed by atoms with E-state index in [2.05, 4.69) is 10.3 Å². The van der Waals surface area contributed by atoms with Crippen molar-refractivity contribution in [2.75, 3.05) is 17.6 Å². The van der Waals surface area contributed by atoms with Crippen molar-refractivity contribution in [1.82, 2.24) is 4.98 Å². The molecular formula is C12H15N3S. The molecule has 0 aliphatic rings. The molecule has 4 heteroatoms. The standard InChI is InChI=1S/C12H15N3S/c1-9-2-3-10(8-11(9)13)14-5-4-12-15-6-7-16-12/h2-3,6-8,14H,4-5,13H2,1H3. The third-order valence-electron chi connectivity index (χ3n) is 2.43. The quantitative estimate of drug-likeness (QED) is 0.798. The van der Waals surface area contributed by atoms with E-state index in [1.165, 1.54) is 0 Å². The fourth-order valence-corrected chi connectivity index (χ4v) is 2.06. The van der Waals surface area contributed by atoms with Crippen LogP contribution in [0.4, 0.5) is 11.4 Å². The van der Waals surface area contributed by atoms with Crippen LogP contribution in [0.15, 0.2) is 29.8 Å². The van der Waals surface area contributed by atoms with Crippen LogP contribution in [-0.4, -0.2) is 11.5 Å². The Hall–Kier alpha value is -1.55. The molecule has 0 aliphatic carbocycles. The Balaban J connectivity index is 1.87. The first-order valence-corrected chi connectivity index (χ1v) is 6.12. The van der Waals surface area contributed by atoms with Gasteiger partial charge >= 0.3 is 0 Å². The minimum Gasteiger partial charge on any atom is -0.398 e. The molecule has 1 heterocycles. The van der Waals surface area contributed by atoms with E-state index in [0.717, 1.165) is 34.9 Å². The number of hydrogen-bond acceptors (Lipinski definition) is 4. The van der Waals surface area contributed by atoms with Crippen LogP contribution in [0.2, 0.25) is 0 Å². The molecule has 2 aromatic rings. The average Bonchev–Trinajstić information content (AvgIpc) is 2.76. The Bertz CT molecular complexity index is 451. The highest BCUT2D eigenvalue weighted by molar-refractivity contribution is 7.09. The number of thiazole rings is 1. The first kappa shape index (κ1) is 11.0. The lowest BCUT2D eigenvalue weighted by Crippen LogP contribution is -2.05. The summed E-state index contributed by atoms with van der Waals surface area (Å²) in [5.74, 6) is 0. The molecule has 3 N–H and O–H groups in total. The van der Waals surface area contributed by atoms with Crippen LogP contribution in [0.25, 0.3) is 0 Å². The third-order valence-corrected chi connectivity index (χ3v) is 3.27. The molecule has 0 amide bonds. The second-order valence-electron chi connectivity index (χ2n) is 3.67. The Kier molecular flexibility index (Phi) is 3.41. The van der Waals surface area contributed by atoms with Gasteiger partial charge in [0.15, 0.2) is 0 Å². The van der Waals surface area contributed by atoms with E-state index in [1.54, 1.807) is 11.3 Å². The SMILES string of the molecule is Cc1ccc(NCCc2nccs2)cc1N. The number of aryl methyl sites for hydroxylation is 1. The molecule has 0 fully saturated rings. The van der Waals surface area contributed by atoms with Crippen LogP contribution in [0.1, 0.15) is 10.6 Å². The summed E-state index contributed by atoms with van der Waals surface area (Å²) in [7, 11) is 0. The predicted octanol–water partition coefficient (Wildman–Crippen LogP) is 2.69. The Morgan fingerprint density at radius 3 is 3.00 bits per heavy atom. The summed E-state index contributed by atoms with van der Waals surface area (Å²) < 4.78 is 0. The molecule has 1 aromatic heterocycles. The van der Waals surface area contributed by atoms with Crippen molar-refractivity contribution >= 4 is 22.7 Å². The minimum atomic E-state index is 0.833.